The molecule has 0 amide bonds. The Labute approximate surface area is 101 Å². The van der Waals surface area contributed by atoms with Crippen LogP contribution in [0, 0.1) is 13.8 Å². The lowest BCUT2D eigenvalue weighted by atomic mass is 10.0. The summed E-state index contributed by atoms with van der Waals surface area (Å²) >= 11 is 0. The molecule has 2 rings (SSSR count). The topological polar surface area (TPSA) is 66.5 Å². The van der Waals surface area contributed by atoms with Gasteiger partial charge in [0.1, 0.15) is 0 Å². The van der Waals surface area contributed by atoms with E-state index >= 15 is 0 Å². The fourth-order valence-electron chi connectivity index (χ4n) is 1.83. The van der Waals surface area contributed by atoms with E-state index in [2.05, 4.69) is 58.0 Å². The molecule has 17 heavy (non-hydrogen) atoms. The van der Waals surface area contributed by atoms with Crippen molar-refractivity contribution in [1.29, 1.82) is 0 Å². The molecule has 1 aromatic carbocycles. The lowest BCUT2D eigenvalue weighted by molar-refractivity contribution is 0.544. The summed E-state index contributed by atoms with van der Waals surface area (Å²) in [5.41, 5.74) is 3.94. The monoisotopic (exact) mass is 231 g/mol. The van der Waals surface area contributed by atoms with Crippen LogP contribution >= 0.6 is 0 Å². The molecule has 0 saturated heterocycles. The highest BCUT2D eigenvalue weighted by Gasteiger charge is 2.10. The zero-order valence-corrected chi connectivity index (χ0v) is 10.4. The zero-order chi connectivity index (χ0) is 12.3. The molecule has 0 aliphatic rings. The summed E-state index contributed by atoms with van der Waals surface area (Å²) in [5, 5.41) is 17.3. The van der Waals surface area contributed by atoms with Gasteiger partial charge in [0.25, 0.3) is 0 Å². The molecule has 0 aliphatic heterocycles. The maximum absolute atomic E-state index is 3.96. The Morgan fingerprint density at radius 3 is 2.59 bits per heavy atom. The van der Waals surface area contributed by atoms with Crippen molar-refractivity contribution < 1.29 is 0 Å². The number of H-pyrrole nitrogens is 1. The van der Waals surface area contributed by atoms with Crippen LogP contribution < -0.4 is 5.32 Å². The number of hydrogen-bond acceptors (Lipinski definition) is 4. The van der Waals surface area contributed by atoms with Crippen molar-refractivity contribution in [2.45, 2.75) is 33.4 Å². The van der Waals surface area contributed by atoms with Crippen LogP contribution in [0.1, 0.15) is 35.5 Å². The highest BCUT2D eigenvalue weighted by Crippen LogP contribution is 2.14. The van der Waals surface area contributed by atoms with E-state index in [0.29, 0.717) is 5.82 Å². The molecule has 2 N–H and O–H groups in total. The smallest absolute Gasteiger partial charge is 0.191 e. The van der Waals surface area contributed by atoms with Gasteiger partial charge in [-0.3, -0.25) is 0 Å². The van der Waals surface area contributed by atoms with E-state index in [1.54, 1.807) is 0 Å². The number of hydrogen-bond donors (Lipinski definition) is 2. The third kappa shape index (κ3) is 2.68. The number of aromatic nitrogens is 4. The van der Waals surface area contributed by atoms with Gasteiger partial charge in [0, 0.05) is 6.54 Å². The number of nitrogens with zero attached hydrogens (tertiary/aromatic N) is 3. The van der Waals surface area contributed by atoms with E-state index < -0.39 is 0 Å². The number of tetrazole rings is 1. The van der Waals surface area contributed by atoms with Crippen LogP contribution in [-0.4, -0.2) is 20.6 Å². The Morgan fingerprint density at radius 2 is 2.00 bits per heavy atom. The van der Waals surface area contributed by atoms with Crippen LogP contribution in [0.2, 0.25) is 0 Å². The fraction of sp³-hybridized carbons (Fsp3) is 0.417. The van der Waals surface area contributed by atoms with Crippen molar-refractivity contribution in [3.05, 3.63) is 40.7 Å². The Hall–Kier alpha value is -1.75. The second-order valence-corrected chi connectivity index (χ2v) is 4.24. The Balaban J connectivity index is 2.03. The van der Waals surface area contributed by atoms with Gasteiger partial charge < -0.3 is 5.32 Å². The van der Waals surface area contributed by atoms with Crippen molar-refractivity contribution in [2.24, 2.45) is 0 Å². The molecule has 1 atom stereocenters. The van der Waals surface area contributed by atoms with Gasteiger partial charge >= 0.3 is 0 Å². The van der Waals surface area contributed by atoms with Crippen LogP contribution in [0.25, 0.3) is 0 Å². The Morgan fingerprint density at radius 1 is 1.29 bits per heavy atom. The van der Waals surface area contributed by atoms with Crippen molar-refractivity contribution in [2.75, 3.05) is 0 Å². The lowest BCUT2D eigenvalue weighted by Gasteiger charge is -2.13. The maximum atomic E-state index is 3.96. The summed E-state index contributed by atoms with van der Waals surface area (Å²) in [4.78, 5) is 0. The third-order valence-corrected chi connectivity index (χ3v) is 2.98. The fourth-order valence-corrected chi connectivity index (χ4v) is 1.83. The molecule has 1 aromatic heterocycles. The Kier molecular flexibility index (Phi) is 3.49. The first-order valence-corrected chi connectivity index (χ1v) is 5.70. The van der Waals surface area contributed by atoms with Crippen molar-refractivity contribution in [1.82, 2.24) is 25.9 Å². The highest BCUT2D eigenvalue weighted by atomic mass is 15.5. The Bertz CT molecular complexity index is 457. The summed E-state index contributed by atoms with van der Waals surface area (Å²) in [6.45, 7) is 7.10. The number of aryl methyl sites for hydroxylation is 2. The molecule has 0 aliphatic carbocycles. The molecule has 0 fully saturated rings. The molecular weight excluding hydrogens is 214 g/mol. The summed E-state index contributed by atoms with van der Waals surface area (Å²) in [5.74, 6) is 0.691. The number of nitrogens with one attached hydrogen (secondary N) is 2. The predicted molar refractivity (Wildman–Crippen MR) is 65.3 cm³/mol. The minimum atomic E-state index is 0.0905. The van der Waals surface area contributed by atoms with E-state index in [1.807, 2.05) is 6.92 Å². The second-order valence-electron chi connectivity index (χ2n) is 4.24. The summed E-state index contributed by atoms with van der Waals surface area (Å²) in [6, 6.07) is 6.43. The van der Waals surface area contributed by atoms with E-state index in [4.69, 9.17) is 0 Å². The predicted octanol–water partition coefficient (Wildman–Crippen LogP) is 1.67. The number of aromatic amines is 1. The van der Waals surface area contributed by atoms with Gasteiger partial charge in [-0.25, -0.2) is 0 Å². The first-order valence-electron chi connectivity index (χ1n) is 5.70. The molecule has 5 nitrogen and oxygen atoms in total. The second kappa shape index (κ2) is 5.05. The van der Waals surface area contributed by atoms with Crippen molar-refractivity contribution in [3.63, 3.8) is 0 Å². The number of benzene rings is 1. The largest absolute Gasteiger partial charge is 0.303 e. The van der Waals surface area contributed by atoms with Gasteiger partial charge in [0.15, 0.2) is 5.82 Å². The standard InChI is InChI=1S/C12H17N5/c1-8-5-4-6-9(2)11(8)7-13-10(3)12-14-16-17-15-12/h4-6,10,13H,7H2,1-3H3,(H,14,15,16,17). The molecular formula is C12H17N5. The first-order chi connectivity index (χ1) is 8.18. The molecule has 0 bridgehead atoms. The molecule has 90 valence electrons. The van der Waals surface area contributed by atoms with Crippen LogP contribution in [0.4, 0.5) is 0 Å². The highest BCUT2D eigenvalue weighted by molar-refractivity contribution is 5.33. The van der Waals surface area contributed by atoms with Crippen LogP contribution in [0.5, 0.6) is 0 Å². The SMILES string of the molecule is Cc1cccc(C)c1CNC(C)c1nn[nH]n1. The van der Waals surface area contributed by atoms with Crippen LogP contribution in [-0.2, 0) is 6.54 Å². The van der Waals surface area contributed by atoms with Gasteiger partial charge in [0.2, 0.25) is 0 Å². The van der Waals surface area contributed by atoms with E-state index in [9.17, 15) is 0 Å². The molecule has 0 saturated carbocycles. The minimum Gasteiger partial charge on any atom is -0.303 e. The average molecular weight is 231 g/mol. The first kappa shape index (κ1) is 11.7. The molecule has 5 heteroatoms. The van der Waals surface area contributed by atoms with Crippen molar-refractivity contribution in [3.8, 4) is 0 Å². The molecule has 2 aromatic rings. The molecule has 1 unspecified atom stereocenters. The van der Waals surface area contributed by atoms with E-state index in [-0.39, 0.29) is 6.04 Å². The van der Waals surface area contributed by atoms with Gasteiger partial charge in [-0.1, -0.05) is 23.4 Å². The zero-order valence-electron chi connectivity index (χ0n) is 10.4. The normalized spacial score (nSPS) is 12.6. The average Bonchev–Trinajstić information content (AvgIpc) is 2.81. The van der Waals surface area contributed by atoms with Crippen LogP contribution in [0.3, 0.4) is 0 Å². The van der Waals surface area contributed by atoms with Crippen molar-refractivity contribution >= 4 is 0 Å². The van der Waals surface area contributed by atoms with Gasteiger partial charge in [-0.05, 0) is 37.5 Å². The molecule has 0 radical (unpaired) electrons. The van der Waals surface area contributed by atoms with E-state index in [1.165, 1.54) is 16.7 Å². The van der Waals surface area contributed by atoms with E-state index in [0.717, 1.165) is 6.54 Å². The van der Waals surface area contributed by atoms with Gasteiger partial charge in [-0.15, -0.1) is 10.2 Å². The molecule has 1 heterocycles. The molecule has 0 spiro atoms. The maximum Gasteiger partial charge on any atom is 0.191 e. The lowest BCUT2D eigenvalue weighted by Crippen LogP contribution is -2.20. The van der Waals surface area contributed by atoms with Gasteiger partial charge in [0.05, 0.1) is 6.04 Å². The summed E-state index contributed by atoms with van der Waals surface area (Å²) in [7, 11) is 0. The van der Waals surface area contributed by atoms with Gasteiger partial charge in [-0.2, -0.15) is 5.21 Å². The third-order valence-electron chi connectivity index (χ3n) is 2.98. The van der Waals surface area contributed by atoms with Crippen LogP contribution in [0.15, 0.2) is 18.2 Å². The summed E-state index contributed by atoms with van der Waals surface area (Å²) < 4.78 is 0. The number of rotatable bonds is 4. The quantitative estimate of drug-likeness (QED) is 0.840. The summed E-state index contributed by atoms with van der Waals surface area (Å²) in [6.07, 6.45) is 0. The minimum absolute atomic E-state index is 0.0905.